The molecule has 0 aromatic heterocycles. The van der Waals surface area contributed by atoms with Crippen LogP contribution in [0.5, 0.6) is 11.5 Å². The first kappa shape index (κ1) is 18.3. The molecule has 0 bridgehead atoms. The predicted molar refractivity (Wildman–Crippen MR) is 100 cm³/mol. The summed E-state index contributed by atoms with van der Waals surface area (Å²) >= 11 is 0. The molecule has 1 fully saturated rings. The maximum Gasteiger partial charge on any atom is 0.220 e. The molecule has 0 aliphatic carbocycles. The average Bonchev–Trinajstić information content (AvgIpc) is 2.68. The van der Waals surface area contributed by atoms with Crippen LogP contribution < -0.4 is 20.1 Å². The van der Waals surface area contributed by atoms with Crippen LogP contribution in [-0.4, -0.2) is 26.1 Å². The third kappa shape index (κ3) is 4.76. The quantitative estimate of drug-likeness (QED) is 0.792. The van der Waals surface area contributed by atoms with Gasteiger partial charge in [-0.25, -0.2) is 0 Å². The van der Waals surface area contributed by atoms with E-state index in [2.05, 4.69) is 6.07 Å². The van der Waals surface area contributed by atoms with Crippen LogP contribution in [0.3, 0.4) is 0 Å². The summed E-state index contributed by atoms with van der Waals surface area (Å²) in [6.45, 7) is 3.38. The molecule has 5 nitrogen and oxygen atoms in total. The van der Waals surface area contributed by atoms with E-state index in [1.807, 2.05) is 42.5 Å². The molecule has 1 heterocycles. The second kappa shape index (κ2) is 8.72. The molecule has 3 N–H and O–H groups in total. The summed E-state index contributed by atoms with van der Waals surface area (Å²) in [5.41, 5.74) is 7.75. The van der Waals surface area contributed by atoms with Crippen molar-refractivity contribution in [1.29, 1.82) is 0 Å². The fourth-order valence-corrected chi connectivity index (χ4v) is 3.45. The standard InChI is InChI=1S/C21H26N2O3/c1-25-20-13-17(14-23-11-9-18(10-12-23)21(22)24)7-8-19(20)26-15-16-5-3-2-4-6-16/h2-8,13,18H,9-12,14-15H2,1H3,(H2,22,24)/p+1. The predicted octanol–water partition coefficient (Wildman–Crippen LogP) is 1.55. The first-order chi connectivity index (χ1) is 12.7. The van der Waals surface area contributed by atoms with Gasteiger partial charge in [-0.15, -0.1) is 0 Å². The van der Waals surface area contributed by atoms with E-state index in [-0.39, 0.29) is 11.8 Å². The van der Waals surface area contributed by atoms with Crippen LogP contribution in [0.15, 0.2) is 48.5 Å². The molecule has 1 aliphatic rings. The Morgan fingerprint density at radius 3 is 2.46 bits per heavy atom. The van der Waals surface area contributed by atoms with Crippen molar-refractivity contribution in [2.24, 2.45) is 11.7 Å². The number of hydrogen-bond acceptors (Lipinski definition) is 3. The van der Waals surface area contributed by atoms with Gasteiger partial charge in [-0.3, -0.25) is 4.79 Å². The number of quaternary nitrogens is 1. The Kier molecular flexibility index (Phi) is 6.12. The van der Waals surface area contributed by atoms with Crippen molar-refractivity contribution in [1.82, 2.24) is 0 Å². The number of benzene rings is 2. The number of carbonyl (C=O) groups is 1. The van der Waals surface area contributed by atoms with Gasteiger partial charge in [0.1, 0.15) is 13.2 Å². The van der Waals surface area contributed by atoms with Crippen molar-refractivity contribution >= 4 is 5.91 Å². The Morgan fingerprint density at radius 2 is 1.81 bits per heavy atom. The second-order valence-electron chi connectivity index (χ2n) is 6.86. The van der Waals surface area contributed by atoms with Gasteiger partial charge in [0.05, 0.1) is 20.2 Å². The van der Waals surface area contributed by atoms with Crippen molar-refractivity contribution in [3.63, 3.8) is 0 Å². The normalized spacial score (nSPS) is 19.7. The number of hydrogen-bond donors (Lipinski definition) is 2. The van der Waals surface area contributed by atoms with Gasteiger partial charge in [0.15, 0.2) is 11.5 Å². The van der Waals surface area contributed by atoms with Gasteiger partial charge in [-0.05, 0) is 23.8 Å². The maximum absolute atomic E-state index is 11.3. The lowest BCUT2D eigenvalue weighted by atomic mass is 9.96. The molecule has 0 unspecified atom stereocenters. The van der Waals surface area contributed by atoms with E-state index in [0.717, 1.165) is 49.5 Å². The summed E-state index contributed by atoms with van der Waals surface area (Å²) < 4.78 is 11.4. The summed E-state index contributed by atoms with van der Waals surface area (Å²) in [5.74, 6) is 1.39. The van der Waals surface area contributed by atoms with Crippen LogP contribution >= 0.6 is 0 Å². The number of amides is 1. The number of nitrogens with two attached hydrogens (primary N) is 1. The molecule has 1 saturated heterocycles. The molecule has 138 valence electrons. The van der Waals surface area contributed by atoms with Crippen molar-refractivity contribution in [3.8, 4) is 11.5 Å². The fraction of sp³-hybridized carbons (Fsp3) is 0.381. The van der Waals surface area contributed by atoms with Crippen LogP contribution in [0.25, 0.3) is 0 Å². The van der Waals surface area contributed by atoms with Crippen LogP contribution in [0.2, 0.25) is 0 Å². The molecular weight excluding hydrogens is 328 g/mol. The van der Waals surface area contributed by atoms with Gasteiger partial charge < -0.3 is 20.1 Å². The van der Waals surface area contributed by atoms with Gasteiger partial charge in [0.25, 0.3) is 0 Å². The molecular formula is C21H27N2O3+. The summed E-state index contributed by atoms with van der Waals surface area (Å²) in [7, 11) is 1.67. The van der Waals surface area contributed by atoms with Gasteiger partial charge in [0.2, 0.25) is 5.91 Å². The SMILES string of the molecule is COc1cc(C[NH+]2CCC(C(N)=O)CC2)ccc1OCc1ccccc1. The zero-order valence-corrected chi connectivity index (χ0v) is 15.2. The Bertz CT molecular complexity index is 725. The van der Waals surface area contributed by atoms with Crippen LogP contribution in [0.1, 0.15) is 24.0 Å². The minimum atomic E-state index is -0.161. The zero-order chi connectivity index (χ0) is 18.4. The number of primary amides is 1. The first-order valence-corrected chi connectivity index (χ1v) is 9.12. The smallest absolute Gasteiger partial charge is 0.220 e. The molecule has 0 saturated carbocycles. The van der Waals surface area contributed by atoms with Crippen molar-refractivity contribution in [3.05, 3.63) is 59.7 Å². The monoisotopic (exact) mass is 355 g/mol. The third-order valence-electron chi connectivity index (χ3n) is 5.01. The van der Waals surface area contributed by atoms with E-state index >= 15 is 0 Å². The van der Waals surface area contributed by atoms with E-state index in [9.17, 15) is 4.79 Å². The highest BCUT2D eigenvalue weighted by molar-refractivity contribution is 5.76. The summed E-state index contributed by atoms with van der Waals surface area (Å²) in [5, 5.41) is 0. The second-order valence-corrected chi connectivity index (χ2v) is 6.86. The minimum Gasteiger partial charge on any atom is -0.493 e. The molecule has 2 aromatic rings. The van der Waals surface area contributed by atoms with Crippen molar-refractivity contribution in [2.45, 2.75) is 26.0 Å². The number of nitrogens with one attached hydrogen (secondary N) is 1. The fourth-order valence-electron chi connectivity index (χ4n) is 3.45. The summed E-state index contributed by atoms with van der Waals surface area (Å²) in [6.07, 6.45) is 1.75. The van der Waals surface area contributed by atoms with Crippen LogP contribution in [0.4, 0.5) is 0 Å². The van der Waals surface area contributed by atoms with Gasteiger partial charge in [-0.2, -0.15) is 0 Å². The zero-order valence-electron chi connectivity index (χ0n) is 15.2. The third-order valence-corrected chi connectivity index (χ3v) is 5.01. The molecule has 26 heavy (non-hydrogen) atoms. The number of likely N-dealkylation sites (tertiary alicyclic amines) is 1. The Hall–Kier alpha value is -2.53. The number of rotatable bonds is 7. The summed E-state index contributed by atoms with van der Waals surface area (Å²) in [4.78, 5) is 12.8. The lowest BCUT2D eigenvalue weighted by Crippen LogP contribution is -3.11. The Morgan fingerprint density at radius 1 is 1.08 bits per heavy atom. The molecule has 1 aliphatic heterocycles. The van der Waals surface area contributed by atoms with E-state index in [0.29, 0.717) is 6.61 Å². The lowest BCUT2D eigenvalue weighted by molar-refractivity contribution is -0.919. The highest BCUT2D eigenvalue weighted by Crippen LogP contribution is 2.28. The van der Waals surface area contributed by atoms with E-state index in [4.69, 9.17) is 15.2 Å². The van der Waals surface area contributed by atoms with Gasteiger partial charge in [-0.1, -0.05) is 30.3 Å². The highest BCUT2D eigenvalue weighted by atomic mass is 16.5. The van der Waals surface area contributed by atoms with Crippen LogP contribution in [-0.2, 0) is 17.9 Å². The first-order valence-electron chi connectivity index (χ1n) is 9.12. The van der Waals surface area contributed by atoms with E-state index in [1.165, 1.54) is 10.5 Å². The molecule has 5 heteroatoms. The molecule has 1 amide bonds. The van der Waals surface area contributed by atoms with Crippen LogP contribution in [0, 0.1) is 5.92 Å². The molecule has 0 radical (unpaired) electrons. The molecule has 2 aromatic carbocycles. The van der Waals surface area contributed by atoms with Gasteiger partial charge >= 0.3 is 0 Å². The molecule has 0 spiro atoms. The maximum atomic E-state index is 11.3. The van der Waals surface area contributed by atoms with E-state index < -0.39 is 0 Å². The Labute approximate surface area is 154 Å². The highest BCUT2D eigenvalue weighted by Gasteiger charge is 2.25. The molecule has 0 atom stereocenters. The number of carbonyl (C=O) groups excluding carboxylic acids is 1. The average molecular weight is 355 g/mol. The number of ether oxygens (including phenoxy) is 2. The minimum absolute atomic E-state index is 0.0436. The van der Waals surface area contributed by atoms with E-state index in [1.54, 1.807) is 7.11 Å². The van der Waals surface area contributed by atoms with Gasteiger partial charge in [0, 0.05) is 24.3 Å². The largest absolute Gasteiger partial charge is 0.493 e. The van der Waals surface area contributed by atoms with Crippen molar-refractivity contribution < 1.29 is 19.2 Å². The number of methoxy groups -OCH3 is 1. The number of piperidine rings is 1. The Balaban J connectivity index is 1.59. The summed E-state index contributed by atoms with van der Waals surface area (Å²) in [6, 6.07) is 16.2. The lowest BCUT2D eigenvalue weighted by Gasteiger charge is -2.27. The molecule has 3 rings (SSSR count). The van der Waals surface area contributed by atoms with Crippen molar-refractivity contribution in [2.75, 3.05) is 20.2 Å². The topological polar surface area (TPSA) is 66.0 Å².